The fourth-order valence-corrected chi connectivity index (χ4v) is 5.71. The minimum Gasteiger partial charge on any atom is -0.497 e. The molecular weight excluding hydrogens is 544 g/mol. The zero-order chi connectivity index (χ0) is 29.4. The van der Waals surface area contributed by atoms with Crippen molar-refractivity contribution in [1.29, 1.82) is 0 Å². The molecule has 0 radical (unpaired) electrons. The number of methoxy groups -OCH3 is 1. The number of hydrogen-bond acceptors (Lipinski definition) is 8. The number of thiazole rings is 1. The second-order valence-corrected chi connectivity index (χ2v) is 10.9. The van der Waals surface area contributed by atoms with Gasteiger partial charge in [0.15, 0.2) is 4.80 Å². The lowest BCUT2D eigenvalue weighted by Gasteiger charge is -2.25. The molecule has 10 heteroatoms. The first-order valence-corrected chi connectivity index (χ1v) is 13.7. The highest BCUT2D eigenvalue weighted by Gasteiger charge is 2.33. The minimum atomic E-state index is -1.03. The first-order chi connectivity index (χ1) is 19.6. The van der Waals surface area contributed by atoms with Gasteiger partial charge in [-0.1, -0.05) is 29.5 Å². The van der Waals surface area contributed by atoms with Crippen molar-refractivity contribution in [2.45, 2.75) is 39.8 Å². The predicted molar refractivity (Wildman–Crippen MR) is 154 cm³/mol. The SMILES string of the molecule is COc1ccc(C2C(C(=O)OC(C)C)=C(C)N=c3sc(=Cc4ccc(-c5cc(C(=O)O)ccc5C)o4)c(=O)n32)cc1. The van der Waals surface area contributed by atoms with Crippen LogP contribution in [-0.4, -0.2) is 34.8 Å². The monoisotopic (exact) mass is 572 g/mol. The number of ether oxygens (including phenoxy) is 2. The lowest BCUT2D eigenvalue weighted by atomic mass is 9.96. The molecule has 0 saturated heterocycles. The summed E-state index contributed by atoms with van der Waals surface area (Å²) in [6, 6.07) is 14.7. The van der Waals surface area contributed by atoms with E-state index in [2.05, 4.69) is 4.99 Å². The van der Waals surface area contributed by atoms with Crippen LogP contribution in [0.4, 0.5) is 0 Å². The second-order valence-electron chi connectivity index (χ2n) is 9.85. The molecule has 1 atom stereocenters. The average Bonchev–Trinajstić information content (AvgIpc) is 3.51. The number of allylic oxidation sites excluding steroid dienone is 1. The molecule has 1 aliphatic rings. The van der Waals surface area contributed by atoms with Crippen LogP contribution in [0.1, 0.15) is 54.1 Å². The minimum absolute atomic E-state index is 0.151. The Morgan fingerprint density at radius 1 is 1.10 bits per heavy atom. The summed E-state index contributed by atoms with van der Waals surface area (Å²) in [4.78, 5) is 43.6. The Morgan fingerprint density at radius 2 is 1.83 bits per heavy atom. The Bertz CT molecular complexity index is 1870. The van der Waals surface area contributed by atoms with Gasteiger partial charge < -0.3 is 19.0 Å². The number of hydrogen-bond donors (Lipinski definition) is 1. The number of carbonyl (C=O) groups is 2. The third-order valence-corrected chi connectivity index (χ3v) is 7.65. The molecule has 0 spiro atoms. The number of aromatic nitrogens is 1. The van der Waals surface area contributed by atoms with E-state index in [1.54, 1.807) is 70.4 Å². The number of fused-ring (bicyclic) bond motifs is 1. The van der Waals surface area contributed by atoms with Crippen molar-refractivity contribution in [1.82, 2.24) is 4.57 Å². The molecule has 0 aliphatic carbocycles. The van der Waals surface area contributed by atoms with Crippen LogP contribution in [0.5, 0.6) is 5.75 Å². The number of rotatable bonds is 7. The predicted octanol–water partition coefficient (Wildman–Crippen LogP) is 4.46. The highest BCUT2D eigenvalue weighted by Crippen LogP contribution is 2.32. The van der Waals surface area contributed by atoms with Crippen molar-refractivity contribution in [3.05, 3.63) is 108 Å². The quantitative estimate of drug-likeness (QED) is 0.325. The van der Waals surface area contributed by atoms with Crippen molar-refractivity contribution in [2.75, 3.05) is 7.11 Å². The van der Waals surface area contributed by atoms with Gasteiger partial charge in [0.25, 0.3) is 5.56 Å². The van der Waals surface area contributed by atoms with E-state index < -0.39 is 18.0 Å². The van der Waals surface area contributed by atoms with Crippen LogP contribution < -0.4 is 19.6 Å². The van der Waals surface area contributed by atoms with E-state index in [9.17, 15) is 19.5 Å². The average molecular weight is 573 g/mol. The summed E-state index contributed by atoms with van der Waals surface area (Å²) in [6.45, 7) is 7.13. The zero-order valence-corrected chi connectivity index (χ0v) is 23.9. The van der Waals surface area contributed by atoms with Gasteiger partial charge in [-0.15, -0.1) is 0 Å². The maximum Gasteiger partial charge on any atom is 0.338 e. The Hall–Kier alpha value is -4.70. The number of carboxylic acids is 1. The van der Waals surface area contributed by atoms with Crippen LogP contribution in [0.3, 0.4) is 0 Å². The van der Waals surface area contributed by atoms with Gasteiger partial charge in [0.2, 0.25) is 0 Å². The summed E-state index contributed by atoms with van der Waals surface area (Å²) < 4.78 is 18.7. The van der Waals surface area contributed by atoms with E-state index in [1.807, 2.05) is 19.1 Å². The molecule has 2 aromatic carbocycles. The summed E-state index contributed by atoms with van der Waals surface area (Å²) in [7, 11) is 1.57. The maximum atomic E-state index is 13.8. The second kappa shape index (κ2) is 11.1. The number of aryl methyl sites for hydroxylation is 1. The Kier molecular flexibility index (Phi) is 7.51. The molecule has 5 rings (SSSR count). The first-order valence-electron chi connectivity index (χ1n) is 12.9. The summed E-state index contributed by atoms with van der Waals surface area (Å²) in [5.74, 6) is -0.0220. The molecule has 1 unspecified atom stereocenters. The van der Waals surface area contributed by atoms with E-state index in [0.29, 0.717) is 43.4 Å². The van der Waals surface area contributed by atoms with Gasteiger partial charge in [-0.05, 0) is 75.2 Å². The summed E-state index contributed by atoms with van der Waals surface area (Å²) in [5.41, 5.74) is 2.78. The third kappa shape index (κ3) is 5.38. The van der Waals surface area contributed by atoms with E-state index >= 15 is 0 Å². The maximum absolute atomic E-state index is 13.8. The molecule has 0 amide bonds. The van der Waals surface area contributed by atoms with Crippen LogP contribution in [0.25, 0.3) is 17.4 Å². The van der Waals surface area contributed by atoms with E-state index in [-0.39, 0.29) is 22.8 Å². The smallest absolute Gasteiger partial charge is 0.338 e. The number of esters is 1. The van der Waals surface area contributed by atoms with Crippen LogP contribution in [0.15, 0.2) is 80.1 Å². The molecule has 0 bridgehead atoms. The van der Waals surface area contributed by atoms with Crippen molar-refractivity contribution in [2.24, 2.45) is 4.99 Å². The number of nitrogens with zero attached hydrogens (tertiary/aromatic N) is 2. The van der Waals surface area contributed by atoms with Crippen molar-refractivity contribution < 1.29 is 28.6 Å². The number of aromatic carboxylic acids is 1. The van der Waals surface area contributed by atoms with Crippen LogP contribution in [-0.2, 0) is 9.53 Å². The molecule has 210 valence electrons. The molecular formula is C31H28N2O7S. The Balaban J connectivity index is 1.62. The number of furan rings is 1. The third-order valence-electron chi connectivity index (χ3n) is 6.67. The van der Waals surface area contributed by atoms with E-state index in [1.165, 1.54) is 22.0 Å². The zero-order valence-electron chi connectivity index (χ0n) is 23.1. The van der Waals surface area contributed by atoms with Crippen molar-refractivity contribution in [3.63, 3.8) is 0 Å². The molecule has 9 nitrogen and oxygen atoms in total. The summed E-state index contributed by atoms with van der Waals surface area (Å²) in [5, 5.41) is 9.38. The van der Waals surface area contributed by atoms with Crippen LogP contribution in [0.2, 0.25) is 0 Å². The van der Waals surface area contributed by atoms with Crippen molar-refractivity contribution >= 4 is 29.4 Å². The Labute approximate surface area is 239 Å². The molecule has 2 aromatic heterocycles. The highest BCUT2D eigenvalue weighted by atomic mass is 32.1. The molecule has 4 aromatic rings. The van der Waals surface area contributed by atoms with Gasteiger partial charge >= 0.3 is 11.9 Å². The lowest BCUT2D eigenvalue weighted by Crippen LogP contribution is -2.40. The molecule has 1 aliphatic heterocycles. The fourth-order valence-electron chi connectivity index (χ4n) is 4.69. The topological polar surface area (TPSA) is 120 Å². The molecule has 41 heavy (non-hydrogen) atoms. The van der Waals surface area contributed by atoms with Gasteiger partial charge in [-0.25, -0.2) is 14.6 Å². The lowest BCUT2D eigenvalue weighted by molar-refractivity contribution is -0.143. The van der Waals surface area contributed by atoms with E-state index in [0.717, 1.165) is 5.56 Å². The fraction of sp³-hybridized carbons (Fsp3) is 0.226. The molecule has 0 fully saturated rings. The molecule has 3 heterocycles. The largest absolute Gasteiger partial charge is 0.497 e. The molecule has 0 saturated carbocycles. The van der Waals surface area contributed by atoms with Crippen LogP contribution in [0, 0.1) is 6.92 Å². The summed E-state index contributed by atoms with van der Waals surface area (Å²) >= 11 is 1.19. The number of carbonyl (C=O) groups excluding carboxylic acids is 1. The molecule has 1 N–H and O–H groups in total. The first kappa shape index (κ1) is 27.9. The van der Waals surface area contributed by atoms with Crippen LogP contribution >= 0.6 is 11.3 Å². The highest BCUT2D eigenvalue weighted by molar-refractivity contribution is 7.07. The normalized spacial score (nSPS) is 15.1. The van der Waals surface area contributed by atoms with Gasteiger partial charge in [-0.2, -0.15) is 0 Å². The standard InChI is InChI=1S/C31H28N2O7S/c1-16(2)39-30(37)26-18(4)32-31-33(27(26)19-8-10-21(38-5)11-9-19)28(34)25(41-31)15-22-12-13-24(40-22)23-14-20(29(35)36)7-6-17(23)3/h6-16,27H,1-5H3,(H,35,36). The summed E-state index contributed by atoms with van der Waals surface area (Å²) in [6.07, 6.45) is 1.28. The van der Waals surface area contributed by atoms with Gasteiger partial charge in [-0.3, -0.25) is 9.36 Å². The number of carboxylic acid groups (broad SMARTS) is 1. The van der Waals surface area contributed by atoms with Gasteiger partial charge in [0, 0.05) is 11.6 Å². The Morgan fingerprint density at radius 3 is 2.49 bits per heavy atom. The number of benzene rings is 2. The van der Waals surface area contributed by atoms with E-state index in [4.69, 9.17) is 13.9 Å². The van der Waals surface area contributed by atoms with Gasteiger partial charge in [0.1, 0.15) is 17.3 Å². The van der Waals surface area contributed by atoms with Crippen molar-refractivity contribution in [3.8, 4) is 17.1 Å². The van der Waals surface area contributed by atoms with Gasteiger partial charge in [0.05, 0.1) is 40.6 Å².